The van der Waals surface area contributed by atoms with Gasteiger partial charge in [-0.3, -0.25) is 0 Å². The molecular formula is C19H29NO. The molecule has 21 heavy (non-hydrogen) atoms. The van der Waals surface area contributed by atoms with Gasteiger partial charge in [-0.05, 0) is 80.5 Å². The molecule has 0 bridgehead atoms. The quantitative estimate of drug-likeness (QED) is 0.615. The fourth-order valence-corrected chi connectivity index (χ4v) is 5.81. The smallest absolute Gasteiger partial charge is 0.148 e. The topological polar surface area (TPSA) is 44.0 Å². The molecule has 0 aromatic carbocycles. The summed E-state index contributed by atoms with van der Waals surface area (Å²) in [6.45, 7) is 11.0. The molecule has 3 aliphatic carbocycles. The van der Waals surface area contributed by atoms with E-state index < -0.39 is 5.60 Å². The van der Waals surface area contributed by atoms with Crippen molar-refractivity contribution in [3.8, 4) is 6.07 Å². The van der Waals surface area contributed by atoms with Crippen LogP contribution in [0.4, 0.5) is 0 Å². The van der Waals surface area contributed by atoms with E-state index in [0.29, 0.717) is 23.2 Å². The van der Waals surface area contributed by atoms with Crippen LogP contribution in [0.25, 0.3) is 0 Å². The van der Waals surface area contributed by atoms with Crippen LogP contribution in [0.3, 0.4) is 0 Å². The lowest BCUT2D eigenvalue weighted by molar-refractivity contribution is -0.0224. The number of hydrogen-bond acceptors (Lipinski definition) is 2. The Hall–Kier alpha value is -0.810. The molecule has 1 N–H and O–H groups in total. The molecule has 2 nitrogen and oxygen atoms in total. The summed E-state index contributed by atoms with van der Waals surface area (Å²) in [5, 5.41) is 19.1. The molecule has 0 aromatic heterocycles. The SMILES string of the molecule is C=C1CC[C@@H]2[C@@]3(C)C[C@H]3CC[C@@]2(C)[C@@H]1CCC(C)(O)C#N. The molecule has 0 radical (unpaired) electrons. The third-order valence-electron chi connectivity index (χ3n) is 7.29. The molecule has 2 heteroatoms. The van der Waals surface area contributed by atoms with E-state index in [1.165, 1.54) is 31.3 Å². The van der Waals surface area contributed by atoms with Crippen molar-refractivity contribution in [2.45, 2.75) is 71.3 Å². The van der Waals surface area contributed by atoms with Gasteiger partial charge in [0.1, 0.15) is 5.60 Å². The third-order valence-corrected chi connectivity index (χ3v) is 7.29. The van der Waals surface area contributed by atoms with Crippen molar-refractivity contribution in [3.05, 3.63) is 12.2 Å². The van der Waals surface area contributed by atoms with Crippen LogP contribution in [-0.2, 0) is 0 Å². The maximum Gasteiger partial charge on any atom is 0.148 e. The summed E-state index contributed by atoms with van der Waals surface area (Å²) in [6, 6.07) is 2.03. The first kappa shape index (κ1) is 15.1. The zero-order valence-corrected chi connectivity index (χ0v) is 13.8. The second-order valence-corrected chi connectivity index (χ2v) is 8.68. The standard InChI is InChI=1S/C19H29NO/c1-13-5-6-16-18(3,10-7-14-11-19(14,16)4)15(13)8-9-17(2,21)12-20/h14-16,21H,1,5-11H2,2-4H3/t14-,15-,16+,17?,18+,19+/m1/s1. The Morgan fingerprint density at radius 3 is 2.76 bits per heavy atom. The van der Waals surface area contributed by atoms with Crippen molar-refractivity contribution in [1.82, 2.24) is 0 Å². The highest BCUT2D eigenvalue weighted by Gasteiger charge is 2.65. The van der Waals surface area contributed by atoms with E-state index in [2.05, 4.69) is 20.4 Å². The van der Waals surface area contributed by atoms with Crippen LogP contribution >= 0.6 is 0 Å². The molecule has 3 aliphatic rings. The molecular weight excluding hydrogens is 258 g/mol. The van der Waals surface area contributed by atoms with E-state index in [1.54, 1.807) is 6.92 Å². The van der Waals surface area contributed by atoms with Gasteiger partial charge < -0.3 is 5.11 Å². The molecule has 0 aromatic rings. The lowest BCUT2D eigenvalue weighted by Crippen LogP contribution is -2.46. The number of rotatable bonds is 3. The average Bonchev–Trinajstić information content (AvgIpc) is 3.09. The fourth-order valence-electron chi connectivity index (χ4n) is 5.81. The number of nitriles is 1. The maximum absolute atomic E-state index is 10.0. The predicted molar refractivity (Wildman–Crippen MR) is 84.4 cm³/mol. The van der Waals surface area contributed by atoms with Crippen molar-refractivity contribution in [2.75, 3.05) is 0 Å². The minimum atomic E-state index is -1.19. The molecule has 0 saturated heterocycles. The third kappa shape index (κ3) is 2.25. The van der Waals surface area contributed by atoms with Gasteiger partial charge in [-0.2, -0.15) is 5.26 Å². The first-order chi connectivity index (χ1) is 9.73. The van der Waals surface area contributed by atoms with Gasteiger partial charge in [0.25, 0.3) is 0 Å². The summed E-state index contributed by atoms with van der Waals surface area (Å²) in [5.41, 5.74) is 1.08. The lowest BCUT2D eigenvalue weighted by Gasteiger charge is -2.54. The molecule has 0 aliphatic heterocycles. The second-order valence-electron chi connectivity index (χ2n) is 8.68. The number of nitrogens with zero attached hydrogens (tertiary/aromatic N) is 1. The van der Waals surface area contributed by atoms with Crippen LogP contribution in [0.5, 0.6) is 0 Å². The van der Waals surface area contributed by atoms with Crippen molar-refractivity contribution in [1.29, 1.82) is 5.26 Å². The Bertz CT molecular complexity index is 502. The fraction of sp³-hybridized carbons (Fsp3) is 0.842. The Kier molecular flexibility index (Phi) is 3.30. The molecule has 0 spiro atoms. The van der Waals surface area contributed by atoms with Gasteiger partial charge >= 0.3 is 0 Å². The number of hydrogen-bond donors (Lipinski definition) is 1. The van der Waals surface area contributed by atoms with Gasteiger partial charge in [0.15, 0.2) is 0 Å². The minimum absolute atomic E-state index is 0.336. The van der Waals surface area contributed by atoms with E-state index in [-0.39, 0.29) is 0 Å². The highest BCUT2D eigenvalue weighted by Crippen LogP contribution is 2.73. The maximum atomic E-state index is 10.0. The van der Waals surface area contributed by atoms with Crippen molar-refractivity contribution in [2.24, 2.45) is 28.6 Å². The molecule has 0 amide bonds. The van der Waals surface area contributed by atoms with E-state index in [4.69, 9.17) is 5.26 Å². The summed E-state index contributed by atoms with van der Waals surface area (Å²) >= 11 is 0. The Balaban J connectivity index is 1.81. The van der Waals surface area contributed by atoms with Crippen molar-refractivity contribution < 1.29 is 5.11 Å². The van der Waals surface area contributed by atoms with Gasteiger partial charge in [-0.25, -0.2) is 0 Å². The van der Waals surface area contributed by atoms with E-state index in [1.807, 2.05) is 6.07 Å². The number of fused-ring (bicyclic) bond motifs is 3. The number of allylic oxidation sites excluding steroid dienone is 1. The average molecular weight is 287 g/mol. The van der Waals surface area contributed by atoms with E-state index in [0.717, 1.165) is 24.7 Å². The molecule has 3 rings (SSSR count). The Morgan fingerprint density at radius 1 is 1.38 bits per heavy atom. The lowest BCUT2D eigenvalue weighted by atomic mass is 9.50. The van der Waals surface area contributed by atoms with Gasteiger partial charge in [-0.1, -0.05) is 26.0 Å². The first-order valence-electron chi connectivity index (χ1n) is 8.54. The Morgan fingerprint density at radius 2 is 2.10 bits per heavy atom. The van der Waals surface area contributed by atoms with Crippen LogP contribution < -0.4 is 0 Å². The van der Waals surface area contributed by atoms with Crippen LogP contribution in [0.1, 0.15) is 65.7 Å². The monoisotopic (exact) mass is 287 g/mol. The molecule has 3 fully saturated rings. The number of aliphatic hydroxyl groups is 1. The van der Waals surface area contributed by atoms with Crippen LogP contribution in [-0.4, -0.2) is 10.7 Å². The molecule has 6 atom stereocenters. The second kappa shape index (κ2) is 4.59. The van der Waals surface area contributed by atoms with Gasteiger partial charge in [-0.15, -0.1) is 0 Å². The highest BCUT2D eigenvalue weighted by atomic mass is 16.3. The van der Waals surface area contributed by atoms with Crippen LogP contribution in [0.15, 0.2) is 12.2 Å². The minimum Gasteiger partial charge on any atom is -0.376 e. The zero-order valence-electron chi connectivity index (χ0n) is 13.8. The van der Waals surface area contributed by atoms with Gasteiger partial charge in [0.2, 0.25) is 0 Å². The summed E-state index contributed by atoms with van der Waals surface area (Å²) < 4.78 is 0. The van der Waals surface area contributed by atoms with Crippen LogP contribution in [0.2, 0.25) is 0 Å². The first-order valence-corrected chi connectivity index (χ1v) is 8.54. The van der Waals surface area contributed by atoms with Gasteiger partial charge in [0.05, 0.1) is 6.07 Å². The highest BCUT2D eigenvalue weighted by molar-refractivity contribution is 5.21. The molecule has 1 unspecified atom stereocenters. The van der Waals surface area contributed by atoms with E-state index in [9.17, 15) is 5.11 Å². The summed E-state index contributed by atoms with van der Waals surface area (Å²) in [7, 11) is 0. The zero-order chi connectivity index (χ0) is 15.5. The van der Waals surface area contributed by atoms with Crippen molar-refractivity contribution in [3.63, 3.8) is 0 Å². The molecule has 0 heterocycles. The Labute approximate surface area is 129 Å². The predicted octanol–water partition coefficient (Wildman–Crippen LogP) is 4.45. The largest absolute Gasteiger partial charge is 0.376 e. The van der Waals surface area contributed by atoms with Gasteiger partial charge in [0, 0.05) is 0 Å². The van der Waals surface area contributed by atoms with E-state index >= 15 is 0 Å². The van der Waals surface area contributed by atoms with Crippen molar-refractivity contribution >= 4 is 0 Å². The molecule has 3 saturated carbocycles. The summed E-state index contributed by atoms with van der Waals surface area (Å²) in [5.74, 6) is 2.26. The summed E-state index contributed by atoms with van der Waals surface area (Å²) in [6.07, 6.45) is 8.00. The van der Waals surface area contributed by atoms with Crippen LogP contribution in [0, 0.1) is 39.9 Å². The molecule has 116 valence electrons. The normalized spacial score (nSPS) is 47.8. The summed E-state index contributed by atoms with van der Waals surface area (Å²) in [4.78, 5) is 0.